The summed E-state index contributed by atoms with van der Waals surface area (Å²) in [5.74, 6) is -1.05. The predicted molar refractivity (Wildman–Crippen MR) is 99.6 cm³/mol. The highest BCUT2D eigenvalue weighted by Crippen LogP contribution is 2.27. The van der Waals surface area contributed by atoms with Crippen LogP contribution in [0.25, 0.3) is 0 Å². The molecule has 1 aromatic heterocycles. The average molecular weight is 397 g/mol. The summed E-state index contributed by atoms with van der Waals surface area (Å²) in [5.41, 5.74) is 0.130. The second-order valence-electron chi connectivity index (χ2n) is 6.56. The van der Waals surface area contributed by atoms with Crippen LogP contribution in [0.2, 0.25) is 0 Å². The molecule has 3 rings (SSSR count). The van der Waals surface area contributed by atoms with Crippen LogP contribution < -0.4 is 14.5 Å². The quantitative estimate of drug-likeness (QED) is 0.836. The summed E-state index contributed by atoms with van der Waals surface area (Å²) in [5, 5.41) is 0. The van der Waals surface area contributed by atoms with E-state index in [-0.39, 0.29) is 5.69 Å². The molecule has 1 aliphatic heterocycles. The lowest BCUT2D eigenvalue weighted by Gasteiger charge is -2.28. The third kappa shape index (κ3) is 4.44. The van der Waals surface area contributed by atoms with Gasteiger partial charge >= 0.3 is 0 Å². The Morgan fingerprint density at radius 2 is 1.70 bits per heavy atom. The molecular weight excluding hydrogens is 376 g/mol. The largest absolute Gasteiger partial charge is 0.361 e. The van der Waals surface area contributed by atoms with Gasteiger partial charge in [0, 0.05) is 33.3 Å². The van der Waals surface area contributed by atoms with E-state index in [9.17, 15) is 17.2 Å². The summed E-state index contributed by atoms with van der Waals surface area (Å²) in [4.78, 5) is 11.9. The van der Waals surface area contributed by atoms with Gasteiger partial charge in [-0.15, -0.1) is 0 Å². The monoisotopic (exact) mass is 397 g/mol. The zero-order valence-corrected chi connectivity index (χ0v) is 15.9. The van der Waals surface area contributed by atoms with Gasteiger partial charge in [0.15, 0.2) is 5.82 Å². The number of sulfonamides is 1. The molecule has 0 atom stereocenters. The molecule has 27 heavy (non-hydrogen) atoms. The number of piperidine rings is 1. The van der Waals surface area contributed by atoms with Gasteiger partial charge in [-0.05, 0) is 31.4 Å². The average Bonchev–Trinajstić information content (AvgIpc) is 2.61. The number of nitrogens with zero attached hydrogens (tertiary/aromatic N) is 4. The Kier molecular flexibility index (Phi) is 5.45. The number of hydrogen-bond donors (Lipinski definition) is 1. The maximum atomic E-state index is 13.4. The van der Waals surface area contributed by atoms with Gasteiger partial charge in [0.2, 0.25) is 5.95 Å². The van der Waals surface area contributed by atoms with E-state index in [1.807, 2.05) is 0 Å². The van der Waals surface area contributed by atoms with E-state index in [2.05, 4.69) is 19.6 Å². The smallest absolute Gasteiger partial charge is 0.262 e. The zero-order valence-electron chi connectivity index (χ0n) is 15.1. The molecule has 146 valence electrons. The van der Waals surface area contributed by atoms with Gasteiger partial charge < -0.3 is 9.80 Å². The predicted octanol–water partition coefficient (Wildman–Crippen LogP) is 2.61. The molecule has 0 unspecified atom stereocenters. The molecule has 2 aromatic rings. The van der Waals surface area contributed by atoms with Gasteiger partial charge in [0.25, 0.3) is 10.0 Å². The van der Waals surface area contributed by atoms with Crippen LogP contribution in [-0.2, 0) is 10.0 Å². The standard InChI is InChI=1S/C17H21F2N5O2S/c1-23(2)16-15(11-20-17(21-16)24-6-4-3-5-7-24)22-27(25,26)14-9-12(18)8-13(19)10-14/h8-11,22H,3-7H2,1-2H3. The van der Waals surface area contributed by atoms with E-state index >= 15 is 0 Å². The molecule has 1 saturated heterocycles. The fraction of sp³-hybridized carbons (Fsp3) is 0.412. The van der Waals surface area contributed by atoms with Gasteiger partial charge in [0.05, 0.1) is 11.1 Å². The normalized spacial score (nSPS) is 14.9. The van der Waals surface area contributed by atoms with Crippen molar-refractivity contribution in [2.75, 3.05) is 41.7 Å². The number of hydrogen-bond acceptors (Lipinski definition) is 6. The van der Waals surface area contributed by atoms with Crippen LogP contribution >= 0.6 is 0 Å². The highest BCUT2D eigenvalue weighted by atomic mass is 32.2. The first-order valence-electron chi connectivity index (χ1n) is 8.54. The second kappa shape index (κ2) is 7.63. The van der Waals surface area contributed by atoms with Gasteiger partial charge in [-0.2, -0.15) is 4.98 Å². The summed E-state index contributed by atoms with van der Waals surface area (Å²) in [6.07, 6.45) is 4.65. The minimum Gasteiger partial charge on any atom is -0.361 e. The van der Waals surface area contributed by atoms with Crippen LogP contribution in [0.5, 0.6) is 0 Å². The molecule has 0 radical (unpaired) electrons. The second-order valence-corrected chi connectivity index (χ2v) is 8.24. The Hall–Kier alpha value is -2.49. The number of halogens is 2. The highest BCUT2D eigenvalue weighted by molar-refractivity contribution is 7.92. The van der Waals surface area contributed by atoms with Gasteiger partial charge in [0.1, 0.15) is 17.3 Å². The van der Waals surface area contributed by atoms with Crippen molar-refractivity contribution in [2.24, 2.45) is 0 Å². The van der Waals surface area contributed by atoms with E-state index in [0.717, 1.165) is 38.1 Å². The van der Waals surface area contributed by atoms with E-state index in [1.54, 1.807) is 19.0 Å². The first-order chi connectivity index (χ1) is 12.8. The lowest BCUT2D eigenvalue weighted by Crippen LogP contribution is -2.31. The molecule has 1 N–H and O–H groups in total. The molecule has 0 amide bonds. The molecule has 2 heterocycles. The number of nitrogens with one attached hydrogen (secondary N) is 1. The third-order valence-electron chi connectivity index (χ3n) is 4.21. The molecule has 0 aliphatic carbocycles. The van der Waals surface area contributed by atoms with Crippen molar-refractivity contribution in [2.45, 2.75) is 24.2 Å². The molecule has 1 aliphatic rings. The minimum atomic E-state index is -4.20. The van der Waals surface area contributed by atoms with Crippen LogP contribution in [0, 0.1) is 11.6 Å². The summed E-state index contributed by atoms with van der Waals surface area (Å²) in [6, 6.07) is 2.12. The number of anilines is 3. The van der Waals surface area contributed by atoms with Crippen LogP contribution in [0.4, 0.5) is 26.2 Å². The van der Waals surface area contributed by atoms with E-state index < -0.39 is 26.6 Å². The van der Waals surface area contributed by atoms with Crippen molar-refractivity contribution in [3.8, 4) is 0 Å². The molecule has 0 saturated carbocycles. The van der Waals surface area contributed by atoms with E-state index in [0.29, 0.717) is 17.8 Å². The van der Waals surface area contributed by atoms with Gasteiger partial charge in [-0.1, -0.05) is 0 Å². The first kappa shape index (κ1) is 19.3. The summed E-state index contributed by atoms with van der Waals surface area (Å²) >= 11 is 0. The Labute approximate surface area is 157 Å². The number of rotatable bonds is 5. The zero-order chi connectivity index (χ0) is 19.6. The highest BCUT2D eigenvalue weighted by Gasteiger charge is 2.22. The molecular formula is C17H21F2N5O2S. The molecule has 0 bridgehead atoms. The Balaban J connectivity index is 1.93. The fourth-order valence-electron chi connectivity index (χ4n) is 2.91. The van der Waals surface area contributed by atoms with Crippen molar-refractivity contribution >= 4 is 27.5 Å². The van der Waals surface area contributed by atoms with E-state index in [1.165, 1.54) is 12.6 Å². The van der Waals surface area contributed by atoms with Gasteiger partial charge in [-0.3, -0.25) is 4.72 Å². The maximum absolute atomic E-state index is 13.4. The third-order valence-corrected chi connectivity index (χ3v) is 5.55. The molecule has 7 nitrogen and oxygen atoms in total. The first-order valence-corrected chi connectivity index (χ1v) is 10.0. The van der Waals surface area contributed by atoms with Crippen LogP contribution in [0.3, 0.4) is 0 Å². The molecule has 1 fully saturated rings. The van der Waals surface area contributed by atoms with E-state index in [4.69, 9.17) is 0 Å². The Morgan fingerprint density at radius 3 is 2.30 bits per heavy atom. The van der Waals surface area contributed by atoms with Crippen LogP contribution in [0.1, 0.15) is 19.3 Å². The molecule has 1 aromatic carbocycles. The van der Waals surface area contributed by atoms with Crippen molar-refractivity contribution in [1.82, 2.24) is 9.97 Å². The Bertz CT molecular complexity index is 911. The maximum Gasteiger partial charge on any atom is 0.262 e. The number of benzene rings is 1. The molecule has 10 heteroatoms. The lowest BCUT2D eigenvalue weighted by molar-refractivity contribution is 0.567. The summed E-state index contributed by atoms with van der Waals surface area (Å²) in [6.45, 7) is 1.70. The SMILES string of the molecule is CN(C)c1nc(N2CCCCC2)ncc1NS(=O)(=O)c1cc(F)cc(F)c1. The summed E-state index contributed by atoms with van der Waals surface area (Å²) in [7, 11) is -0.754. The van der Waals surface area contributed by atoms with Crippen LogP contribution in [-0.4, -0.2) is 45.6 Å². The van der Waals surface area contributed by atoms with Gasteiger partial charge in [-0.25, -0.2) is 22.2 Å². The van der Waals surface area contributed by atoms with Crippen LogP contribution in [0.15, 0.2) is 29.3 Å². The van der Waals surface area contributed by atoms with Crippen molar-refractivity contribution in [3.63, 3.8) is 0 Å². The fourth-order valence-corrected chi connectivity index (χ4v) is 4.00. The van der Waals surface area contributed by atoms with Crippen molar-refractivity contribution in [3.05, 3.63) is 36.0 Å². The number of aromatic nitrogens is 2. The topological polar surface area (TPSA) is 78.4 Å². The molecule has 0 spiro atoms. The van der Waals surface area contributed by atoms with Crippen molar-refractivity contribution < 1.29 is 17.2 Å². The Morgan fingerprint density at radius 1 is 1.07 bits per heavy atom. The van der Waals surface area contributed by atoms with Crippen molar-refractivity contribution in [1.29, 1.82) is 0 Å². The lowest BCUT2D eigenvalue weighted by atomic mass is 10.1. The summed E-state index contributed by atoms with van der Waals surface area (Å²) < 4.78 is 54.2. The minimum absolute atomic E-state index is 0.130.